The summed E-state index contributed by atoms with van der Waals surface area (Å²) in [6.07, 6.45) is 6.23. The Balaban J connectivity index is 2.09. The van der Waals surface area contributed by atoms with E-state index < -0.39 is 0 Å². The molecule has 1 aromatic rings. The van der Waals surface area contributed by atoms with Crippen LogP contribution in [-0.2, 0) is 4.84 Å². The molecule has 136 valence electrons. The molecule has 1 aliphatic heterocycles. The molecule has 24 heavy (non-hydrogen) atoms. The predicted octanol–water partition coefficient (Wildman–Crippen LogP) is 6.63. The van der Waals surface area contributed by atoms with E-state index in [-0.39, 0.29) is 17.2 Å². The molecule has 0 aromatic heterocycles. The Hall–Kier alpha value is -0.860. The maximum Gasteiger partial charge on any atom is 0.102 e. The SMILES string of the molecule is CCCC(C)c1ccc(C(C)ON2C(C)(C)CCCC2(C)C)cc1. The third-order valence-electron chi connectivity index (χ3n) is 5.64. The Kier molecular flexibility index (Phi) is 6.14. The van der Waals surface area contributed by atoms with Crippen LogP contribution in [0, 0.1) is 0 Å². The topological polar surface area (TPSA) is 12.5 Å². The Labute approximate surface area is 149 Å². The van der Waals surface area contributed by atoms with Crippen molar-refractivity contribution in [2.24, 2.45) is 0 Å². The van der Waals surface area contributed by atoms with E-state index in [1.807, 2.05) is 0 Å². The summed E-state index contributed by atoms with van der Waals surface area (Å²) in [5, 5.41) is 2.27. The summed E-state index contributed by atoms with van der Waals surface area (Å²) in [6, 6.07) is 9.05. The second kappa shape index (κ2) is 7.58. The predicted molar refractivity (Wildman–Crippen MR) is 103 cm³/mol. The fraction of sp³-hybridized carbons (Fsp3) is 0.727. The highest BCUT2D eigenvalue weighted by molar-refractivity contribution is 5.26. The normalized spacial score (nSPS) is 23.0. The molecule has 2 nitrogen and oxygen atoms in total. The molecule has 1 heterocycles. The third-order valence-corrected chi connectivity index (χ3v) is 5.64. The molecular formula is C22H37NO. The summed E-state index contributed by atoms with van der Waals surface area (Å²) >= 11 is 0. The van der Waals surface area contributed by atoms with E-state index in [1.54, 1.807) is 0 Å². The van der Waals surface area contributed by atoms with E-state index in [0.29, 0.717) is 5.92 Å². The average molecular weight is 332 g/mol. The van der Waals surface area contributed by atoms with Crippen LogP contribution in [0.25, 0.3) is 0 Å². The zero-order chi connectivity index (χ0) is 18.0. The first-order chi connectivity index (χ1) is 11.2. The van der Waals surface area contributed by atoms with Gasteiger partial charge in [0.25, 0.3) is 0 Å². The molecule has 0 aliphatic carbocycles. The zero-order valence-corrected chi connectivity index (χ0v) is 16.9. The first kappa shape index (κ1) is 19.5. The van der Waals surface area contributed by atoms with Crippen LogP contribution < -0.4 is 0 Å². The number of hydroxylamine groups is 2. The first-order valence-electron chi connectivity index (χ1n) is 9.74. The van der Waals surface area contributed by atoms with Gasteiger partial charge >= 0.3 is 0 Å². The van der Waals surface area contributed by atoms with Crippen LogP contribution in [0.15, 0.2) is 24.3 Å². The van der Waals surface area contributed by atoms with Crippen molar-refractivity contribution in [2.45, 2.75) is 104 Å². The van der Waals surface area contributed by atoms with E-state index >= 15 is 0 Å². The van der Waals surface area contributed by atoms with Gasteiger partial charge in [-0.05, 0) is 77.3 Å². The molecule has 2 heteroatoms. The molecule has 0 saturated carbocycles. The van der Waals surface area contributed by atoms with Gasteiger partial charge in [-0.3, -0.25) is 4.84 Å². The van der Waals surface area contributed by atoms with Gasteiger partial charge in [-0.2, -0.15) is 5.06 Å². The Morgan fingerprint density at radius 1 is 0.958 bits per heavy atom. The number of piperidine rings is 1. The third kappa shape index (κ3) is 4.40. The summed E-state index contributed by atoms with van der Waals surface area (Å²) in [6.45, 7) is 15.9. The van der Waals surface area contributed by atoms with Crippen LogP contribution in [-0.4, -0.2) is 16.1 Å². The summed E-state index contributed by atoms with van der Waals surface area (Å²) in [5.74, 6) is 0.639. The molecule has 0 amide bonds. The lowest BCUT2D eigenvalue weighted by atomic mass is 9.82. The number of nitrogens with zero attached hydrogens (tertiary/aromatic N) is 1. The number of hydrogen-bond acceptors (Lipinski definition) is 2. The van der Waals surface area contributed by atoms with E-state index in [0.717, 1.165) is 0 Å². The highest BCUT2D eigenvalue weighted by atomic mass is 16.7. The lowest BCUT2D eigenvalue weighted by Gasteiger charge is -2.52. The standard InChI is InChI=1S/C22H37NO/c1-8-10-17(2)19-11-13-20(14-12-19)18(3)24-23-21(4,5)15-9-16-22(23,6)7/h11-14,17-18H,8-10,15-16H2,1-7H3. The minimum Gasteiger partial charge on any atom is -0.290 e. The van der Waals surface area contributed by atoms with Crippen molar-refractivity contribution in [1.82, 2.24) is 5.06 Å². The molecule has 0 N–H and O–H groups in total. The van der Waals surface area contributed by atoms with Gasteiger partial charge in [0.2, 0.25) is 0 Å². The van der Waals surface area contributed by atoms with Crippen molar-refractivity contribution in [1.29, 1.82) is 0 Å². The van der Waals surface area contributed by atoms with E-state index in [2.05, 4.69) is 77.8 Å². The highest BCUT2D eigenvalue weighted by Crippen LogP contribution is 2.40. The van der Waals surface area contributed by atoms with Crippen molar-refractivity contribution in [3.63, 3.8) is 0 Å². The Bertz CT molecular complexity index is 501. The van der Waals surface area contributed by atoms with Gasteiger partial charge in [-0.15, -0.1) is 0 Å². The van der Waals surface area contributed by atoms with Crippen LogP contribution in [0.4, 0.5) is 0 Å². The van der Waals surface area contributed by atoms with Gasteiger partial charge in [-0.25, -0.2) is 0 Å². The van der Waals surface area contributed by atoms with Gasteiger partial charge < -0.3 is 0 Å². The van der Waals surface area contributed by atoms with Crippen LogP contribution in [0.3, 0.4) is 0 Å². The molecule has 1 fully saturated rings. The van der Waals surface area contributed by atoms with Gasteiger partial charge in [-0.1, -0.05) is 44.5 Å². The average Bonchev–Trinajstić information content (AvgIpc) is 2.51. The van der Waals surface area contributed by atoms with Gasteiger partial charge in [0.15, 0.2) is 0 Å². The highest BCUT2D eigenvalue weighted by Gasteiger charge is 2.43. The largest absolute Gasteiger partial charge is 0.290 e. The maximum atomic E-state index is 6.49. The fourth-order valence-corrected chi connectivity index (χ4v) is 4.18. The van der Waals surface area contributed by atoms with Crippen molar-refractivity contribution in [2.75, 3.05) is 0 Å². The van der Waals surface area contributed by atoms with E-state index in [9.17, 15) is 0 Å². The molecule has 0 bridgehead atoms. The van der Waals surface area contributed by atoms with Crippen molar-refractivity contribution < 1.29 is 4.84 Å². The molecule has 1 aromatic carbocycles. The van der Waals surface area contributed by atoms with E-state index in [1.165, 1.54) is 43.2 Å². The van der Waals surface area contributed by atoms with Crippen LogP contribution in [0.2, 0.25) is 0 Å². The number of rotatable bonds is 6. The lowest BCUT2D eigenvalue weighted by Crippen LogP contribution is -2.58. The molecule has 0 spiro atoms. The van der Waals surface area contributed by atoms with Crippen molar-refractivity contribution >= 4 is 0 Å². The Morgan fingerprint density at radius 3 is 1.96 bits per heavy atom. The van der Waals surface area contributed by atoms with Gasteiger partial charge in [0.05, 0.1) is 0 Å². The van der Waals surface area contributed by atoms with Crippen molar-refractivity contribution in [3.05, 3.63) is 35.4 Å². The molecule has 2 atom stereocenters. The molecule has 0 radical (unpaired) electrons. The molecule has 1 aliphatic rings. The van der Waals surface area contributed by atoms with Gasteiger partial charge in [0, 0.05) is 11.1 Å². The minimum atomic E-state index is 0.0807. The fourth-order valence-electron chi connectivity index (χ4n) is 4.18. The summed E-state index contributed by atoms with van der Waals surface area (Å²) in [4.78, 5) is 6.49. The van der Waals surface area contributed by atoms with Crippen LogP contribution in [0.5, 0.6) is 0 Å². The Morgan fingerprint density at radius 2 is 1.46 bits per heavy atom. The number of hydrogen-bond donors (Lipinski definition) is 0. The van der Waals surface area contributed by atoms with Crippen LogP contribution >= 0.6 is 0 Å². The second-order valence-corrected chi connectivity index (χ2v) is 8.88. The van der Waals surface area contributed by atoms with E-state index in [4.69, 9.17) is 4.84 Å². The zero-order valence-electron chi connectivity index (χ0n) is 16.9. The van der Waals surface area contributed by atoms with Gasteiger partial charge in [0.1, 0.15) is 6.10 Å². The second-order valence-electron chi connectivity index (χ2n) is 8.88. The summed E-state index contributed by atoms with van der Waals surface area (Å²) < 4.78 is 0. The summed E-state index contributed by atoms with van der Waals surface area (Å²) in [5.41, 5.74) is 2.88. The minimum absolute atomic E-state index is 0.0807. The first-order valence-corrected chi connectivity index (χ1v) is 9.74. The lowest BCUT2D eigenvalue weighted by molar-refractivity contribution is -0.304. The summed E-state index contributed by atoms with van der Waals surface area (Å²) in [7, 11) is 0. The molecular weight excluding hydrogens is 294 g/mol. The molecule has 1 saturated heterocycles. The molecule has 2 rings (SSSR count). The quantitative estimate of drug-likeness (QED) is 0.580. The molecule has 2 unspecified atom stereocenters. The monoisotopic (exact) mass is 331 g/mol. The van der Waals surface area contributed by atoms with Crippen molar-refractivity contribution in [3.8, 4) is 0 Å². The number of benzene rings is 1. The maximum absolute atomic E-state index is 6.49. The smallest absolute Gasteiger partial charge is 0.102 e. The van der Waals surface area contributed by atoms with Crippen LogP contribution in [0.1, 0.15) is 104 Å².